The summed E-state index contributed by atoms with van der Waals surface area (Å²) in [5, 5.41) is 3.42. The van der Waals surface area contributed by atoms with Crippen LogP contribution in [0.5, 0.6) is 0 Å². The summed E-state index contributed by atoms with van der Waals surface area (Å²) in [4.78, 5) is 11.6. The fourth-order valence-corrected chi connectivity index (χ4v) is 2.89. The number of rotatable bonds is 6. The molecule has 0 amide bonds. The van der Waals surface area contributed by atoms with E-state index in [1.165, 1.54) is 18.4 Å². The van der Waals surface area contributed by atoms with E-state index in [-0.39, 0.29) is 6.04 Å². The van der Waals surface area contributed by atoms with Crippen LogP contribution >= 0.6 is 0 Å². The molecule has 4 rings (SSSR count). The lowest BCUT2D eigenvalue weighted by atomic mass is 10.2. The highest BCUT2D eigenvalue weighted by Crippen LogP contribution is 2.29. The second-order valence-electron chi connectivity index (χ2n) is 6.32. The average molecular weight is 314 g/mol. The van der Waals surface area contributed by atoms with Crippen LogP contribution in [0.4, 0.5) is 5.82 Å². The second kappa shape index (κ2) is 6.68. The number of hydrogen-bond acceptors (Lipinski definition) is 6. The highest BCUT2D eigenvalue weighted by atomic mass is 16.5. The molecule has 6 nitrogen and oxygen atoms in total. The van der Waals surface area contributed by atoms with Crippen molar-refractivity contribution in [1.82, 2.24) is 14.9 Å². The van der Waals surface area contributed by atoms with E-state index in [4.69, 9.17) is 14.1 Å². The molecule has 3 heterocycles. The van der Waals surface area contributed by atoms with Crippen molar-refractivity contribution in [1.29, 1.82) is 0 Å². The lowest BCUT2D eigenvalue weighted by Crippen LogP contribution is -2.39. The largest absolute Gasteiger partial charge is 0.472 e. The summed E-state index contributed by atoms with van der Waals surface area (Å²) in [6.45, 7) is 4.08. The molecule has 1 N–H and O–H groups in total. The Kier molecular flexibility index (Phi) is 4.26. The van der Waals surface area contributed by atoms with Gasteiger partial charge < -0.3 is 14.5 Å². The maximum absolute atomic E-state index is 5.67. The van der Waals surface area contributed by atoms with Crippen molar-refractivity contribution in [3.63, 3.8) is 0 Å². The highest BCUT2D eigenvalue weighted by Gasteiger charge is 2.27. The minimum absolute atomic E-state index is 0.0846. The molecule has 0 aromatic carbocycles. The number of furan rings is 1. The maximum Gasteiger partial charge on any atom is 0.150 e. The van der Waals surface area contributed by atoms with Crippen LogP contribution in [0.1, 0.15) is 30.3 Å². The molecular formula is C17H22N4O2. The van der Waals surface area contributed by atoms with Gasteiger partial charge in [-0.3, -0.25) is 4.90 Å². The topological polar surface area (TPSA) is 63.4 Å². The van der Waals surface area contributed by atoms with E-state index in [2.05, 4.69) is 15.2 Å². The van der Waals surface area contributed by atoms with Gasteiger partial charge in [-0.1, -0.05) is 0 Å². The van der Waals surface area contributed by atoms with Gasteiger partial charge in [-0.25, -0.2) is 9.97 Å². The fourth-order valence-electron chi connectivity index (χ4n) is 2.89. The Hall–Kier alpha value is -1.92. The zero-order valence-corrected chi connectivity index (χ0v) is 13.1. The fraction of sp³-hybridized carbons (Fsp3) is 0.529. The third kappa shape index (κ3) is 3.71. The zero-order valence-electron chi connectivity index (χ0n) is 13.1. The first-order valence-electron chi connectivity index (χ1n) is 8.28. The van der Waals surface area contributed by atoms with E-state index in [9.17, 15) is 0 Å². The standard InChI is InChI=1S/C17H22N4O2/c1-2-13(1)9-19-16-3-5-18-17(20-16)15-12-23-8-6-21(15)10-14-4-7-22-11-14/h3-5,7,11,13,15H,1-2,6,8-10,12H2,(H,18,19,20)/t15-/m1/s1. The first-order valence-corrected chi connectivity index (χ1v) is 8.28. The maximum atomic E-state index is 5.67. The predicted octanol–water partition coefficient (Wildman–Crippen LogP) is 2.47. The molecule has 0 spiro atoms. The predicted molar refractivity (Wildman–Crippen MR) is 85.9 cm³/mol. The molecule has 2 aromatic heterocycles. The van der Waals surface area contributed by atoms with Crippen molar-refractivity contribution < 1.29 is 9.15 Å². The van der Waals surface area contributed by atoms with E-state index in [1.54, 1.807) is 12.5 Å². The Morgan fingerprint density at radius 1 is 1.30 bits per heavy atom. The summed E-state index contributed by atoms with van der Waals surface area (Å²) in [5.74, 6) is 2.56. The van der Waals surface area contributed by atoms with Crippen molar-refractivity contribution in [2.24, 2.45) is 5.92 Å². The van der Waals surface area contributed by atoms with Crippen LogP contribution in [-0.2, 0) is 11.3 Å². The van der Waals surface area contributed by atoms with Crippen molar-refractivity contribution in [3.05, 3.63) is 42.2 Å². The summed E-state index contributed by atoms with van der Waals surface area (Å²) in [5.41, 5.74) is 1.17. The van der Waals surface area contributed by atoms with Crippen LogP contribution in [-0.4, -0.2) is 41.2 Å². The van der Waals surface area contributed by atoms with Crippen LogP contribution in [0.15, 0.2) is 35.3 Å². The van der Waals surface area contributed by atoms with Gasteiger partial charge in [0.1, 0.15) is 11.6 Å². The van der Waals surface area contributed by atoms with Gasteiger partial charge in [-0.15, -0.1) is 0 Å². The van der Waals surface area contributed by atoms with Gasteiger partial charge >= 0.3 is 0 Å². The Morgan fingerprint density at radius 2 is 2.26 bits per heavy atom. The molecule has 1 aliphatic heterocycles. The number of nitrogens with one attached hydrogen (secondary N) is 1. The monoisotopic (exact) mass is 314 g/mol. The van der Waals surface area contributed by atoms with E-state index in [0.29, 0.717) is 6.61 Å². The average Bonchev–Trinajstić information content (AvgIpc) is 3.29. The normalized spacial score (nSPS) is 22.2. The lowest BCUT2D eigenvalue weighted by Gasteiger charge is -2.34. The molecule has 6 heteroatoms. The van der Waals surface area contributed by atoms with Crippen LogP contribution in [0.2, 0.25) is 0 Å². The van der Waals surface area contributed by atoms with Gasteiger partial charge in [0.05, 0.1) is 31.8 Å². The van der Waals surface area contributed by atoms with E-state index < -0.39 is 0 Å². The summed E-state index contributed by atoms with van der Waals surface area (Å²) in [6, 6.07) is 4.03. The molecule has 0 radical (unpaired) electrons. The molecular weight excluding hydrogens is 292 g/mol. The quantitative estimate of drug-likeness (QED) is 0.884. The van der Waals surface area contributed by atoms with E-state index in [0.717, 1.165) is 43.8 Å². The molecule has 23 heavy (non-hydrogen) atoms. The molecule has 0 bridgehead atoms. The molecule has 122 valence electrons. The number of hydrogen-bond donors (Lipinski definition) is 1. The summed E-state index contributed by atoms with van der Waals surface area (Å²) in [6.07, 6.45) is 8.01. The second-order valence-corrected chi connectivity index (χ2v) is 6.32. The number of anilines is 1. The third-order valence-electron chi connectivity index (χ3n) is 4.45. The Balaban J connectivity index is 1.48. The van der Waals surface area contributed by atoms with Gasteiger partial charge in [-0.05, 0) is 30.9 Å². The number of ether oxygens (including phenoxy) is 1. The minimum atomic E-state index is 0.0846. The third-order valence-corrected chi connectivity index (χ3v) is 4.45. The van der Waals surface area contributed by atoms with Crippen molar-refractivity contribution in [2.75, 3.05) is 31.6 Å². The SMILES string of the molecule is c1cc(NCC2CC2)nc([C@H]2COCCN2Cc2ccoc2)n1. The van der Waals surface area contributed by atoms with Crippen LogP contribution in [0.25, 0.3) is 0 Å². The molecule has 2 aliphatic rings. The highest BCUT2D eigenvalue weighted by molar-refractivity contribution is 5.33. The lowest BCUT2D eigenvalue weighted by molar-refractivity contribution is -0.0159. The van der Waals surface area contributed by atoms with Crippen molar-refractivity contribution in [2.45, 2.75) is 25.4 Å². The number of nitrogens with zero attached hydrogens (tertiary/aromatic N) is 3. The van der Waals surface area contributed by atoms with Gasteiger partial charge in [-0.2, -0.15) is 0 Å². The van der Waals surface area contributed by atoms with Crippen LogP contribution in [0.3, 0.4) is 0 Å². The summed E-state index contributed by atoms with van der Waals surface area (Å²) in [7, 11) is 0. The van der Waals surface area contributed by atoms with E-state index in [1.807, 2.05) is 18.3 Å². The summed E-state index contributed by atoms with van der Waals surface area (Å²) >= 11 is 0. The van der Waals surface area contributed by atoms with Crippen LogP contribution < -0.4 is 5.32 Å². The van der Waals surface area contributed by atoms with E-state index >= 15 is 0 Å². The molecule has 0 unspecified atom stereocenters. The molecule has 1 atom stereocenters. The Labute approximate surface area is 135 Å². The molecule has 2 fully saturated rings. The smallest absolute Gasteiger partial charge is 0.150 e. The van der Waals surface area contributed by atoms with Gasteiger partial charge in [0.2, 0.25) is 0 Å². The van der Waals surface area contributed by atoms with Crippen molar-refractivity contribution >= 4 is 5.82 Å². The number of morpholine rings is 1. The molecule has 1 saturated heterocycles. The van der Waals surface area contributed by atoms with Gasteiger partial charge in [0.25, 0.3) is 0 Å². The minimum Gasteiger partial charge on any atom is -0.472 e. The van der Waals surface area contributed by atoms with Gasteiger partial charge in [0, 0.05) is 31.4 Å². The first-order chi connectivity index (χ1) is 11.4. The number of aromatic nitrogens is 2. The summed E-state index contributed by atoms with van der Waals surface area (Å²) < 4.78 is 10.8. The van der Waals surface area contributed by atoms with Gasteiger partial charge in [0.15, 0.2) is 0 Å². The Morgan fingerprint density at radius 3 is 3.09 bits per heavy atom. The first kappa shape index (κ1) is 14.7. The Bertz CT molecular complexity index is 627. The zero-order chi connectivity index (χ0) is 15.5. The molecule has 1 saturated carbocycles. The molecule has 1 aliphatic carbocycles. The van der Waals surface area contributed by atoms with Crippen LogP contribution in [0, 0.1) is 5.92 Å². The molecule has 2 aromatic rings. The van der Waals surface area contributed by atoms with Crippen molar-refractivity contribution in [3.8, 4) is 0 Å².